The number of unbranched alkanes of at least 4 members (excludes halogenated alkanes) is 16. The maximum absolute atomic E-state index is 12.5. The number of hydroxylamine groups is 2. The molecule has 7 amide bonds. The molecule has 0 bridgehead atoms. The van der Waals surface area contributed by atoms with Crippen molar-refractivity contribution in [2.24, 2.45) is 0 Å². The number of carboxylic acid groups (broad SMARTS) is 1. The van der Waals surface area contributed by atoms with Crippen molar-refractivity contribution in [2.75, 3.05) is 121 Å². The molecule has 0 radical (unpaired) electrons. The fraction of sp³-hybridized carbons (Fsp3) is 0.809. The van der Waals surface area contributed by atoms with Crippen molar-refractivity contribution in [3.63, 3.8) is 0 Å². The van der Waals surface area contributed by atoms with Gasteiger partial charge in [-0.1, -0.05) is 99.2 Å². The molecule has 0 saturated carbocycles. The number of aliphatic hydroxyl groups excluding tert-OH is 1. The van der Waals surface area contributed by atoms with Gasteiger partial charge in [0.05, 0.1) is 64.3 Å². The molecule has 7 rings (SSSR count). The number of nitrogens with one attached hydrogen (secondary N) is 5. The summed E-state index contributed by atoms with van der Waals surface area (Å²) in [6, 6.07) is 0.803. The highest BCUT2D eigenvalue weighted by atomic mass is 79.9. The number of rotatable bonds is 41. The third-order valence-electron chi connectivity index (χ3n) is 16.7. The maximum atomic E-state index is 12.5. The Kier molecular flexibility index (Phi) is 55.0. The van der Waals surface area contributed by atoms with Crippen LogP contribution in [0.5, 0.6) is 0 Å². The SMILES string of the molecule is COC=CCCCCCBr.COC=CCCCCCN1CCN(C(=O)CCCCC2SCC3NC(=O)NC32)CC1.COC=CCCCCCN1CCNCC1.O=C(O)CCCCCBr.O=C1NC2CSC(CCCCC(=O)ON3C(=O)CCC3=O)C2N1.OCCCCCCBr. The number of imide groups is 1. The molecule has 0 aromatic heterocycles. The van der Waals surface area contributed by atoms with Crippen LogP contribution in [0.1, 0.15) is 193 Å². The summed E-state index contributed by atoms with van der Waals surface area (Å²) < 4.78 is 14.5. The number of aliphatic carboxylic acids is 1. The average molecular weight is 1580 g/mol. The fourth-order valence-electron chi connectivity index (χ4n) is 11.3. The van der Waals surface area contributed by atoms with Crippen molar-refractivity contribution in [1.29, 1.82) is 0 Å². The Morgan fingerprint density at radius 2 is 0.937 bits per heavy atom. The van der Waals surface area contributed by atoms with Crippen LogP contribution in [-0.4, -0.2) is 227 Å². The van der Waals surface area contributed by atoms with Crippen LogP contribution in [-0.2, 0) is 43.0 Å². The molecule has 7 aliphatic rings. The number of hydrogen-bond acceptors (Lipinski definition) is 17. The van der Waals surface area contributed by atoms with Crippen LogP contribution in [0, 0.1) is 0 Å². The molecule has 0 aromatic carbocycles. The van der Waals surface area contributed by atoms with E-state index in [1.165, 1.54) is 96.7 Å². The van der Waals surface area contributed by atoms with Gasteiger partial charge in [0.25, 0.3) is 11.8 Å². The highest BCUT2D eigenvalue weighted by molar-refractivity contribution is 9.09. The van der Waals surface area contributed by atoms with Crippen molar-refractivity contribution in [3.05, 3.63) is 37.0 Å². The third kappa shape index (κ3) is 43.8. The summed E-state index contributed by atoms with van der Waals surface area (Å²) in [4.78, 5) is 91.5. The summed E-state index contributed by atoms with van der Waals surface area (Å²) in [6.07, 6.45) is 40.7. The van der Waals surface area contributed by atoms with E-state index in [0.717, 1.165) is 150 Å². The van der Waals surface area contributed by atoms with E-state index in [-0.39, 0.29) is 55.5 Å². The first-order valence-electron chi connectivity index (χ1n) is 35.2. The van der Waals surface area contributed by atoms with E-state index in [1.807, 2.05) is 28.4 Å². The van der Waals surface area contributed by atoms with Crippen LogP contribution in [0.25, 0.3) is 0 Å². The zero-order valence-electron chi connectivity index (χ0n) is 57.6. The van der Waals surface area contributed by atoms with Gasteiger partial charge in [-0.2, -0.15) is 23.5 Å². The lowest BCUT2D eigenvalue weighted by Gasteiger charge is -2.34. The Balaban J connectivity index is 0.000000418. The molecule has 0 aromatic rings. The Morgan fingerprint density at radius 1 is 0.516 bits per heavy atom. The van der Waals surface area contributed by atoms with Gasteiger partial charge in [0.2, 0.25) is 5.91 Å². The van der Waals surface area contributed by atoms with E-state index in [1.54, 1.807) is 40.1 Å². The van der Waals surface area contributed by atoms with Crippen LogP contribution in [0.3, 0.4) is 0 Å². The molecule has 7 N–H and O–H groups in total. The summed E-state index contributed by atoms with van der Waals surface area (Å²) in [6.45, 7) is 11.3. The van der Waals surface area contributed by atoms with E-state index in [4.69, 9.17) is 29.3 Å². The number of urea groups is 2. The van der Waals surface area contributed by atoms with Crippen molar-refractivity contribution in [3.8, 4) is 0 Å². The van der Waals surface area contributed by atoms with E-state index < -0.39 is 23.8 Å². The summed E-state index contributed by atoms with van der Waals surface area (Å²) in [5, 5.41) is 36.4. The lowest BCUT2D eigenvalue weighted by molar-refractivity contribution is -0.197. The number of hydrogen-bond donors (Lipinski definition) is 7. The quantitative estimate of drug-likeness (QED) is 0.00985. The summed E-state index contributed by atoms with van der Waals surface area (Å²) >= 11 is 13.8. The second-order valence-electron chi connectivity index (χ2n) is 24.4. The smallest absolute Gasteiger partial charge is 0.333 e. The first-order chi connectivity index (χ1) is 46.2. The molecule has 0 aliphatic carbocycles. The lowest BCUT2D eigenvalue weighted by atomic mass is 10.0. The van der Waals surface area contributed by atoms with E-state index in [0.29, 0.717) is 47.3 Å². The summed E-state index contributed by atoms with van der Waals surface area (Å²) in [7, 11) is 5.05. The molecule has 548 valence electrons. The number of piperazine rings is 2. The van der Waals surface area contributed by atoms with Crippen LogP contribution < -0.4 is 26.6 Å². The average Bonchev–Trinajstić information content (AvgIpc) is 1.69. The molecule has 7 saturated heterocycles. The molecule has 7 aliphatic heterocycles. The van der Waals surface area contributed by atoms with Crippen LogP contribution in [0.2, 0.25) is 0 Å². The number of amides is 7. The topological polar surface area (TPSA) is 270 Å². The molecule has 95 heavy (non-hydrogen) atoms. The van der Waals surface area contributed by atoms with Gasteiger partial charge in [-0.25, -0.2) is 14.4 Å². The highest BCUT2D eigenvalue weighted by Gasteiger charge is 2.44. The van der Waals surface area contributed by atoms with Gasteiger partial charge in [0.1, 0.15) is 0 Å². The van der Waals surface area contributed by atoms with Crippen molar-refractivity contribution >= 4 is 113 Å². The summed E-state index contributed by atoms with van der Waals surface area (Å²) in [5.74, 6) is 0.0676. The first kappa shape index (κ1) is 87.8. The van der Waals surface area contributed by atoms with Crippen LogP contribution in [0.4, 0.5) is 9.59 Å². The maximum Gasteiger partial charge on any atom is 0.333 e. The number of halogens is 3. The van der Waals surface area contributed by atoms with E-state index >= 15 is 0 Å². The van der Waals surface area contributed by atoms with Gasteiger partial charge >= 0.3 is 24.0 Å². The molecule has 22 nitrogen and oxygen atoms in total. The van der Waals surface area contributed by atoms with Gasteiger partial charge in [-0.3, -0.25) is 24.1 Å². The third-order valence-corrected chi connectivity index (χ3v) is 21.4. The molecule has 7 fully saturated rings. The van der Waals surface area contributed by atoms with Gasteiger partial charge in [-0.15, -0.1) is 5.06 Å². The number of carboxylic acids is 1. The monoisotopic (exact) mass is 1570 g/mol. The largest absolute Gasteiger partial charge is 0.505 e. The Bertz CT molecular complexity index is 2120. The molecule has 6 atom stereocenters. The number of thioether (sulfide) groups is 2. The number of allylic oxidation sites excluding steroid dienone is 3. The number of carbonyl (C=O) groups excluding carboxylic acids is 6. The molecule has 0 spiro atoms. The number of aliphatic hydroxyl groups is 1. The minimum Gasteiger partial charge on any atom is -0.505 e. The minimum atomic E-state index is -0.690. The summed E-state index contributed by atoms with van der Waals surface area (Å²) in [5.41, 5.74) is 0. The van der Waals surface area contributed by atoms with Gasteiger partial charge in [0.15, 0.2) is 0 Å². The number of ether oxygens (including phenoxy) is 3. The van der Waals surface area contributed by atoms with Gasteiger partial charge < -0.3 is 65.6 Å². The first-order valence-corrected chi connectivity index (χ1v) is 40.6. The van der Waals surface area contributed by atoms with Crippen LogP contribution >= 0.6 is 71.3 Å². The molecule has 7 heterocycles. The molecular weight excluding hydrogens is 1450 g/mol. The number of fused-ring (bicyclic) bond motifs is 2. The number of methoxy groups -OCH3 is 3. The zero-order valence-corrected chi connectivity index (χ0v) is 64.0. The van der Waals surface area contributed by atoms with Crippen molar-refractivity contribution < 1.29 is 62.8 Å². The predicted octanol–water partition coefficient (Wildman–Crippen LogP) is 11.6. The Morgan fingerprint density at radius 3 is 1.39 bits per heavy atom. The molecular formula is C68H120Br3N9O13S2. The zero-order chi connectivity index (χ0) is 69.4. The molecule has 27 heteroatoms. The van der Waals surface area contributed by atoms with Crippen molar-refractivity contribution in [2.45, 2.75) is 227 Å². The Labute approximate surface area is 603 Å². The second-order valence-corrected chi connectivity index (χ2v) is 29.3. The second kappa shape index (κ2) is 59.5. The van der Waals surface area contributed by atoms with E-state index in [2.05, 4.69) is 102 Å². The highest BCUT2D eigenvalue weighted by Crippen LogP contribution is 2.34. The molecule has 6 unspecified atom stereocenters. The number of alkyl halides is 3. The standard InChI is InChI=1S/C22H38N4O3S.C14H19N3O5S.C12H24N2O.C8H15BrO.C6H11BrO2.C6H13BrO/c1-29-16-8-4-2-3-7-11-25-12-14-26(15-13-25)20(27)10-6-5-9-19-21-18(17-30-19)23-22(28)24-21;18-10-5-6-11(19)17(10)22-12(20)4-2-1-3-9-13-8(7-23-9)15-14(21)16-13;1-15-12-6-4-2-3-5-9-14-10-7-13-8-11-14;1-10-8-6-4-2-3-5-7-9;7-5-3-1-2-4-6(8)9;7-5-3-1-2-4-6-8/h8,16,18-19,21H,2-7,9-15,17H2,1H3,(H2,23,24,28);8-9,13H,1-7H2,(H2,15,16,21);6,12-13H,2-5,7-11H2,1H3;6,8H,2-5,7H2,1H3;1-5H2,(H,8,9);8H,1-6H2. The van der Waals surface area contributed by atoms with Crippen molar-refractivity contribution in [1.82, 2.24) is 46.3 Å². The number of carbonyl (C=O) groups is 7. The fourth-order valence-corrected chi connectivity index (χ4v) is 15.6. The van der Waals surface area contributed by atoms with Crippen LogP contribution in [0.15, 0.2) is 37.0 Å². The van der Waals surface area contributed by atoms with Gasteiger partial charge in [0, 0.05) is 129 Å². The van der Waals surface area contributed by atoms with E-state index in [9.17, 15) is 33.6 Å². The normalized spacial score (nSPS) is 21.3. The predicted molar refractivity (Wildman–Crippen MR) is 394 cm³/mol. The Hall–Kier alpha value is -3.31. The number of nitrogens with zero attached hydrogens (tertiary/aromatic N) is 4. The minimum absolute atomic E-state index is 0.0242. The van der Waals surface area contributed by atoms with Gasteiger partial charge in [-0.05, 0) is 140 Å². The lowest BCUT2D eigenvalue weighted by Crippen LogP contribution is -2.48.